The van der Waals surface area contributed by atoms with Gasteiger partial charge in [-0.2, -0.15) is 0 Å². The SMILES string of the molecule is CC(O)CC(C)(C)CNC(=O)C1CC1c1cccc(F)c1F. The van der Waals surface area contributed by atoms with Crippen molar-refractivity contribution in [3.05, 3.63) is 35.4 Å². The van der Waals surface area contributed by atoms with Crippen molar-refractivity contribution >= 4 is 5.91 Å². The first-order valence-corrected chi connectivity index (χ1v) is 7.61. The van der Waals surface area contributed by atoms with Gasteiger partial charge in [-0.15, -0.1) is 0 Å². The van der Waals surface area contributed by atoms with Gasteiger partial charge in [0.2, 0.25) is 5.91 Å². The molecule has 0 aromatic heterocycles. The molecule has 0 heterocycles. The number of carbonyl (C=O) groups is 1. The molecule has 5 heteroatoms. The van der Waals surface area contributed by atoms with E-state index < -0.39 is 17.7 Å². The molecule has 3 nitrogen and oxygen atoms in total. The van der Waals surface area contributed by atoms with E-state index in [1.807, 2.05) is 13.8 Å². The second-order valence-electron chi connectivity index (χ2n) is 7.03. The summed E-state index contributed by atoms with van der Waals surface area (Å²) >= 11 is 0. The van der Waals surface area contributed by atoms with Crippen molar-refractivity contribution in [1.29, 1.82) is 0 Å². The highest BCUT2D eigenvalue weighted by Gasteiger charge is 2.45. The Morgan fingerprint density at radius 3 is 2.77 bits per heavy atom. The zero-order valence-electron chi connectivity index (χ0n) is 13.2. The second kappa shape index (κ2) is 6.32. The van der Waals surface area contributed by atoms with Crippen LogP contribution in [0.2, 0.25) is 0 Å². The number of amides is 1. The summed E-state index contributed by atoms with van der Waals surface area (Å²) in [6, 6.07) is 4.08. The Balaban J connectivity index is 1.90. The van der Waals surface area contributed by atoms with Crippen LogP contribution >= 0.6 is 0 Å². The molecule has 1 fully saturated rings. The molecule has 2 N–H and O–H groups in total. The lowest BCUT2D eigenvalue weighted by Crippen LogP contribution is -2.36. The van der Waals surface area contributed by atoms with E-state index in [1.165, 1.54) is 12.1 Å². The highest BCUT2D eigenvalue weighted by molar-refractivity contribution is 5.82. The minimum Gasteiger partial charge on any atom is -0.393 e. The van der Waals surface area contributed by atoms with Crippen LogP contribution in [0.25, 0.3) is 0 Å². The molecule has 1 aromatic carbocycles. The number of carbonyl (C=O) groups excluding carboxylic acids is 1. The maximum absolute atomic E-state index is 13.7. The molecule has 1 saturated carbocycles. The van der Waals surface area contributed by atoms with Crippen molar-refractivity contribution in [3.63, 3.8) is 0 Å². The number of rotatable bonds is 6. The van der Waals surface area contributed by atoms with E-state index in [4.69, 9.17) is 0 Å². The highest BCUT2D eigenvalue weighted by atomic mass is 19.2. The summed E-state index contributed by atoms with van der Waals surface area (Å²) in [5, 5.41) is 12.3. The molecule has 0 aliphatic heterocycles. The predicted octanol–water partition coefficient (Wildman–Crippen LogP) is 2.98. The summed E-state index contributed by atoms with van der Waals surface area (Å²) in [5.41, 5.74) is 0.0709. The Morgan fingerprint density at radius 2 is 2.14 bits per heavy atom. The fourth-order valence-corrected chi connectivity index (χ4v) is 2.96. The molecule has 0 radical (unpaired) electrons. The Labute approximate surface area is 129 Å². The van der Waals surface area contributed by atoms with Crippen LogP contribution in [-0.4, -0.2) is 23.7 Å². The number of hydrogen-bond donors (Lipinski definition) is 2. The van der Waals surface area contributed by atoms with Gasteiger partial charge in [-0.05, 0) is 42.7 Å². The van der Waals surface area contributed by atoms with Crippen LogP contribution < -0.4 is 5.32 Å². The van der Waals surface area contributed by atoms with Crippen LogP contribution in [0.4, 0.5) is 8.78 Å². The molecule has 122 valence electrons. The first-order valence-electron chi connectivity index (χ1n) is 7.61. The van der Waals surface area contributed by atoms with Gasteiger partial charge in [-0.1, -0.05) is 26.0 Å². The number of benzene rings is 1. The molecular weight excluding hydrogens is 288 g/mol. The average Bonchev–Trinajstić information content (AvgIpc) is 3.18. The first-order chi connectivity index (χ1) is 10.2. The zero-order chi connectivity index (χ0) is 16.5. The minimum absolute atomic E-state index is 0.132. The lowest BCUT2D eigenvalue weighted by atomic mass is 9.87. The Bertz CT molecular complexity index is 558. The summed E-state index contributed by atoms with van der Waals surface area (Å²) < 4.78 is 26.9. The van der Waals surface area contributed by atoms with Crippen molar-refractivity contribution in [1.82, 2.24) is 5.32 Å². The van der Waals surface area contributed by atoms with E-state index >= 15 is 0 Å². The summed E-state index contributed by atoms with van der Waals surface area (Å²) in [6.07, 6.45) is 0.699. The van der Waals surface area contributed by atoms with Gasteiger partial charge in [0.15, 0.2) is 11.6 Å². The van der Waals surface area contributed by atoms with Crippen LogP contribution in [0, 0.1) is 23.0 Å². The van der Waals surface area contributed by atoms with Gasteiger partial charge in [-0.3, -0.25) is 4.79 Å². The van der Waals surface area contributed by atoms with Crippen LogP contribution in [-0.2, 0) is 4.79 Å². The zero-order valence-corrected chi connectivity index (χ0v) is 13.2. The molecule has 0 spiro atoms. The van der Waals surface area contributed by atoms with Gasteiger partial charge in [0, 0.05) is 12.5 Å². The topological polar surface area (TPSA) is 49.3 Å². The van der Waals surface area contributed by atoms with Crippen molar-refractivity contribution in [3.8, 4) is 0 Å². The molecule has 3 atom stereocenters. The molecular formula is C17H23F2NO2. The van der Waals surface area contributed by atoms with Gasteiger partial charge in [0.1, 0.15) is 0 Å². The van der Waals surface area contributed by atoms with Crippen molar-refractivity contribution in [2.45, 2.75) is 45.6 Å². The van der Waals surface area contributed by atoms with Gasteiger partial charge in [0.25, 0.3) is 0 Å². The van der Waals surface area contributed by atoms with Crippen molar-refractivity contribution < 1.29 is 18.7 Å². The van der Waals surface area contributed by atoms with E-state index in [2.05, 4.69) is 5.32 Å². The smallest absolute Gasteiger partial charge is 0.223 e. The third-order valence-electron chi connectivity index (χ3n) is 4.10. The third-order valence-corrected chi connectivity index (χ3v) is 4.10. The number of aliphatic hydroxyl groups is 1. The first kappa shape index (κ1) is 16.9. The molecule has 1 aromatic rings. The maximum atomic E-state index is 13.7. The lowest BCUT2D eigenvalue weighted by molar-refractivity contribution is -0.123. The molecule has 2 rings (SSSR count). The fourth-order valence-electron chi connectivity index (χ4n) is 2.96. The summed E-state index contributed by atoms with van der Waals surface area (Å²) in [5.74, 6) is -2.39. The number of halogens is 2. The molecule has 3 unspecified atom stereocenters. The standard InChI is InChI=1S/C17H23F2NO2/c1-10(21)8-17(2,3)9-20-16(22)13-7-12(13)11-5-4-6-14(18)15(11)19/h4-6,10,12-13,21H,7-9H2,1-3H3,(H,20,22). The fraction of sp³-hybridized carbons (Fsp3) is 0.588. The third kappa shape index (κ3) is 4.03. The predicted molar refractivity (Wildman–Crippen MR) is 80.3 cm³/mol. The van der Waals surface area contributed by atoms with Gasteiger partial charge >= 0.3 is 0 Å². The summed E-state index contributed by atoms with van der Waals surface area (Å²) in [6.45, 7) is 6.10. The Hall–Kier alpha value is -1.49. The van der Waals surface area contributed by atoms with E-state index in [1.54, 1.807) is 6.92 Å². The molecule has 0 saturated heterocycles. The molecule has 1 aliphatic rings. The Kier molecular flexibility index (Phi) is 4.85. The molecule has 1 amide bonds. The second-order valence-corrected chi connectivity index (χ2v) is 7.03. The van der Waals surface area contributed by atoms with Crippen LogP contribution in [0.1, 0.15) is 45.1 Å². The van der Waals surface area contributed by atoms with Gasteiger partial charge in [0.05, 0.1) is 6.10 Å². The molecule has 1 aliphatic carbocycles. The van der Waals surface area contributed by atoms with Crippen molar-refractivity contribution in [2.75, 3.05) is 6.54 Å². The Morgan fingerprint density at radius 1 is 1.45 bits per heavy atom. The monoisotopic (exact) mass is 311 g/mol. The average molecular weight is 311 g/mol. The van der Waals surface area contributed by atoms with Crippen molar-refractivity contribution in [2.24, 2.45) is 11.3 Å². The largest absolute Gasteiger partial charge is 0.393 e. The number of aliphatic hydroxyl groups excluding tert-OH is 1. The van der Waals surface area contributed by atoms with Crippen LogP contribution in [0.3, 0.4) is 0 Å². The van der Waals surface area contributed by atoms with E-state index in [0.717, 1.165) is 6.07 Å². The van der Waals surface area contributed by atoms with E-state index in [0.29, 0.717) is 19.4 Å². The lowest BCUT2D eigenvalue weighted by Gasteiger charge is -2.26. The summed E-state index contributed by atoms with van der Waals surface area (Å²) in [7, 11) is 0. The van der Waals surface area contributed by atoms with Gasteiger partial charge < -0.3 is 10.4 Å². The molecule has 0 bridgehead atoms. The van der Waals surface area contributed by atoms with Gasteiger partial charge in [-0.25, -0.2) is 8.78 Å². The van der Waals surface area contributed by atoms with E-state index in [-0.39, 0.29) is 28.7 Å². The van der Waals surface area contributed by atoms with Crippen LogP contribution in [0.15, 0.2) is 18.2 Å². The molecule has 22 heavy (non-hydrogen) atoms. The van der Waals surface area contributed by atoms with E-state index in [9.17, 15) is 18.7 Å². The summed E-state index contributed by atoms with van der Waals surface area (Å²) in [4.78, 5) is 12.1. The maximum Gasteiger partial charge on any atom is 0.223 e. The minimum atomic E-state index is -0.873. The normalized spacial score (nSPS) is 22.3. The quantitative estimate of drug-likeness (QED) is 0.848. The highest BCUT2D eigenvalue weighted by Crippen LogP contribution is 2.48. The number of nitrogens with one attached hydrogen (secondary N) is 1. The van der Waals surface area contributed by atoms with Crippen LogP contribution in [0.5, 0.6) is 0 Å². The number of hydrogen-bond acceptors (Lipinski definition) is 2.